The first-order valence-corrected chi connectivity index (χ1v) is 8.82. The first kappa shape index (κ1) is 16.5. The first-order chi connectivity index (χ1) is 11.7. The van der Waals surface area contributed by atoms with Crippen LogP contribution in [0, 0.1) is 0 Å². The average Bonchev–Trinajstić information content (AvgIpc) is 3.10. The normalized spacial score (nSPS) is 10.5. The van der Waals surface area contributed by atoms with Gasteiger partial charge in [-0.05, 0) is 29.8 Å². The topological polar surface area (TPSA) is 59.8 Å². The van der Waals surface area contributed by atoms with Gasteiger partial charge in [0.05, 0.1) is 17.1 Å². The molecule has 0 fully saturated rings. The van der Waals surface area contributed by atoms with Crippen molar-refractivity contribution in [2.75, 3.05) is 11.1 Å². The third-order valence-corrected chi connectivity index (χ3v) is 4.47. The van der Waals surface area contributed by atoms with Crippen LogP contribution in [-0.4, -0.2) is 26.4 Å². The number of para-hydroxylation sites is 2. The summed E-state index contributed by atoms with van der Waals surface area (Å²) in [4.78, 5) is 16.1. The summed E-state index contributed by atoms with van der Waals surface area (Å²) in [5.41, 5.74) is 2.59. The lowest BCUT2D eigenvalue weighted by atomic mass is 10.2. The van der Waals surface area contributed by atoms with Crippen molar-refractivity contribution in [3.05, 3.63) is 71.8 Å². The van der Waals surface area contributed by atoms with Gasteiger partial charge in [-0.2, -0.15) is 5.10 Å². The van der Waals surface area contributed by atoms with E-state index >= 15 is 0 Å². The van der Waals surface area contributed by atoms with Gasteiger partial charge in [0.15, 0.2) is 0 Å². The van der Waals surface area contributed by atoms with Crippen LogP contribution in [0.3, 0.4) is 0 Å². The zero-order chi connectivity index (χ0) is 16.8. The maximum Gasteiger partial charge on any atom is 0.234 e. The lowest BCUT2D eigenvalue weighted by molar-refractivity contribution is -0.113. The van der Waals surface area contributed by atoms with E-state index in [0.29, 0.717) is 16.5 Å². The van der Waals surface area contributed by atoms with Gasteiger partial charge in [-0.3, -0.25) is 4.79 Å². The van der Waals surface area contributed by atoms with Gasteiger partial charge in [0.25, 0.3) is 0 Å². The number of anilines is 1. The van der Waals surface area contributed by atoms with Crippen molar-refractivity contribution in [1.29, 1.82) is 0 Å². The van der Waals surface area contributed by atoms with Crippen LogP contribution in [0.25, 0.3) is 5.69 Å². The van der Waals surface area contributed by atoms with E-state index in [2.05, 4.69) is 15.4 Å². The van der Waals surface area contributed by atoms with Crippen LogP contribution in [0.15, 0.2) is 61.2 Å². The highest BCUT2D eigenvalue weighted by Gasteiger charge is 2.08. The van der Waals surface area contributed by atoms with Crippen molar-refractivity contribution in [3.63, 3.8) is 0 Å². The van der Waals surface area contributed by atoms with E-state index in [1.165, 1.54) is 6.33 Å². The van der Waals surface area contributed by atoms with E-state index in [-0.39, 0.29) is 5.91 Å². The van der Waals surface area contributed by atoms with Crippen LogP contribution in [0.4, 0.5) is 5.69 Å². The minimum absolute atomic E-state index is 0.0606. The van der Waals surface area contributed by atoms with Crippen LogP contribution in [-0.2, 0) is 10.5 Å². The molecular weight excluding hydrogens is 344 g/mol. The van der Waals surface area contributed by atoms with Crippen LogP contribution in [0.1, 0.15) is 5.56 Å². The molecule has 0 atom stereocenters. The standard InChI is InChI=1S/C17H15ClN4OS/c18-14-5-3-4-13(8-14)9-24-10-17(23)21-15-6-1-2-7-16(15)22-12-19-11-20-22/h1-8,11-12H,9-10H2,(H,21,23). The molecule has 5 nitrogen and oxygen atoms in total. The number of amides is 1. The molecule has 2 aromatic carbocycles. The van der Waals surface area contributed by atoms with E-state index in [1.54, 1.807) is 22.8 Å². The molecular formula is C17H15ClN4OS. The van der Waals surface area contributed by atoms with Crippen LogP contribution in [0.5, 0.6) is 0 Å². The smallest absolute Gasteiger partial charge is 0.234 e. The minimum atomic E-state index is -0.0606. The predicted molar refractivity (Wildman–Crippen MR) is 97.6 cm³/mol. The largest absolute Gasteiger partial charge is 0.323 e. The Bertz CT molecular complexity index is 823. The molecule has 0 aliphatic heterocycles. The van der Waals surface area contributed by atoms with E-state index < -0.39 is 0 Å². The molecule has 7 heteroatoms. The fourth-order valence-electron chi connectivity index (χ4n) is 2.19. The maximum absolute atomic E-state index is 12.2. The number of halogens is 1. The summed E-state index contributed by atoms with van der Waals surface area (Å²) in [5.74, 6) is 1.03. The maximum atomic E-state index is 12.2. The van der Waals surface area contributed by atoms with Gasteiger partial charge in [0.1, 0.15) is 12.7 Å². The zero-order valence-corrected chi connectivity index (χ0v) is 14.3. The van der Waals surface area contributed by atoms with Crippen molar-refractivity contribution in [2.45, 2.75) is 5.75 Å². The molecule has 0 aliphatic carbocycles. The third kappa shape index (κ3) is 4.37. The van der Waals surface area contributed by atoms with Gasteiger partial charge in [0.2, 0.25) is 5.91 Å². The van der Waals surface area contributed by atoms with Gasteiger partial charge >= 0.3 is 0 Å². The molecule has 0 aliphatic rings. The Labute approximate surface area is 149 Å². The van der Waals surface area contributed by atoms with Crippen molar-refractivity contribution < 1.29 is 4.79 Å². The lowest BCUT2D eigenvalue weighted by Gasteiger charge is -2.10. The first-order valence-electron chi connectivity index (χ1n) is 7.28. The summed E-state index contributed by atoms with van der Waals surface area (Å²) >= 11 is 7.50. The summed E-state index contributed by atoms with van der Waals surface area (Å²) in [5, 5.41) is 7.73. The van der Waals surface area contributed by atoms with E-state index in [4.69, 9.17) is 11.6 Å². The molecule has 3 aromatic rings. The molecule has 24 heavy (non-hydrogen) atoms. The molecule has 0 bridgehead atoms. The highest BCUT2D eigenvalue weighted by atomic mass is 35.5. The SMILES string of the molecule is O=C(CSCc1cccc(Cl)c1)Nc1ccccc1-n1cncn1. The number of nitrogens with zero attached hydrogens (tertiary/aromatic N) is 3. The number of carbonyl (C=O) groups excluding carboxylic acids is 1. The molecule has 1 aromatic heterocycles. The molecule has 3 rings (SSSR count). The van der Waals surface area contributed by atoms with Gasteiger partial charge in [-0.25, -0.2) is 9.67 Å². The van der Waals surface area contributed by atoms with Gasteiger partial charge in [-0.1, -0.05) is 35.9 Å². The van der Waals surface area contributed by atoms with Crippen molar-refractivity contribution >= 4 is 35.0 Å². The molecule has 0 radical (unpaired) electrons. The minimum Gasteiger partial charge on any atom is -0.323 e. The van der Waals surface area contributed by atoms with Gasteiger partial charge < -0.3 is 5.32 Å². The summed E-state index contributed by atoms with van der Waals surface area (Å²) < 4.78 is 1.62. The second-order valence-electron chi connectivity index (χ2n) is 5.03. The molecule has 0 saturated heterocycles. The highest BCUT2D eigenvalue weighted by Crippen LogP contribution is 2.20. The van der Waals surface area contributed by atoms with Crippen molar-refractivity contribution in [3.8, 4) is 5.69 Å². The number of benzene rings is 2. The Kier molecular flexibility index (Phi) is 5.51. The summed E-state index contributed by atoms with van der Waals surface area (Å²) in [6.07, 6.45) is 3.05. The van der Waals surface area contributed by atoms with E-state index in [9.17, 15) is 4.79 Å². The zero-order valence-electron chi connectivity index (χ0n) is 12.7. The predicted octanol–water partition coefficient (Wildman–Crippen LogP) is 3.79. The number of rotatable bonds is 6. The molecule has 1 N–H and O–H groups in total. The number of hydrogen-bond donors (Lipinski definition) is 1. The second-order valence-corrected chi connectivity index (χ2v) is 6.45. The molecule has 1 amide bonds. The van der Waals surface area contributed by atoms with Crippen LogP contribution < -0.4 is 5.32 Å². The van der Waals surface area contributed by atoms with Crippen molar-refractivity contribution in [2.24, 2.45) is 0 Å². The monoisotopic (exact) mass is 358 g/mol. The fraction of sp³-hybridized carbons (Fsp3) is 0.118. The highest BCUT2D eigenvalue weighted by molar-refractivity contribution is 7.99. The Morgan fingerprint density at radius 3 is 2.88 bits per heavy atom. The van der Waals surface area contributed by atoms with Gasteiger partial charge in [-0.15, -0.1) is 11.8 Å². The lowest BCUT2D eigenvalue weighted by Crippen LogP contribution is -2.16. The molecule has 0 saturated carbocycles. The summed E-state index contributed by atoms with van der Waals surface area (Å²) in [6, 6.07) is 15.1. The number of nitrogens with one attached hydrogen (secondary N) is 1. The number of hydrogen-bond acceptors (Lipinski definition) is 4. The molecule has 1 heterocycles. The van der Waals surface area contributed by atoms with Crippen molar-refractivity contribution in [1.82, 2.24) is 14.8 Å². The fourth-order valence-corrected chi connectivity index (χ4v) is 3.17. The Hall–Kier alpha value is -2.31. The second kappa shape index (κ2) is 7.99. The quantitative estimate of drug-likeness (QED) is 0.728. The average molecular weight is 359 g/mol. The van der Waals surface area contributed by atoms with Crippen LogP contribution >= 0.6 is 23.4 Å². The third-order valence-electron chi connectivity index (χ3n) is 3.23. The summed E-state index contributed by atoms with van der Waals surface area (Å²) in [6.45, 7) is 0. The van der Waals surface area contributed by atoms with E-state index in [0.717, 1.165) is 17.0 Å². The summed E-state index contributed by atoms with van der Waals surface area (Å²) in [7, 11) is 0. The number of carbonyl (C=O) groups is 1. The Morgan fingerprint density at radius 1 is 1.21 bits per heavy atom. The molecule has 0 spiro atoms. The molecule has 0 unspecified atom stereocenters. The molecule has 122 valence electrons. The van der Waals surface area contributed by atoms with E-state index in [1.807, 2.05) is 48.5 Å². The number of aromatic nitrogens is 3. The number of thioether (sulfide) groups is 1. The van der Waals surface area contributed by atoms with Gasteiger partial charge in [0, 0.05) is 10.8 Å². The Balaban J connectivity index is 1.58. The Morgan fingerprint density at radius 2 is 2.08 bits per heavy atom. The van der Waals surface area contributed by atoms with Crippen LogP contribution in [0.2, 0.25) is 5.02 Å².